The van der Waals surface area contributed by atoms with E-state index in [9.17, 15) is 0 Å². The van der Waals surface area contributed by atoms with E-state index in [2.05, 4.69) is 132 Å². The Bertz CT molecular complexity index is 2520. The van der Waals surface area contributed by atoms with Gasteiger partial charge in [0.1, 0.15) is 0 Å². The second kappa shape index (κ2) is 15.8. The third kappa shape index (κ3) is 7.56. The zero-order valence-electron chi connectivity index (χ0n) is 31.4. The third-order valence-electron chi connectivity index (χ3n) is 11.6. The van der Waals surface area contributed by atoms with Gasteiger partial charge in [0.15, 0.2) is 0 Å². The molecule has 4 saturated carbocycles. The number of rotatable bonds is 1. The lowest BCUT2D eigenvalue weighted by Gasteiger charge is -2.57. The van der Waals surface area contributed by atoms with Crippen LogP contribution in [0.2, 0.25) is 0 Å². The lowest BCUT2D eigenvalue weighted by atomic mass is 9.47. The van der Waals surface area contributed by atoms with Crippen LogP contribution in [0.1, 0.15) is 99.7 Å². The molecular weight excluding hydrogens is 673 g/mol. The maximum absolute atomic E-state index is 3.80. The van der Waals surface area contributed by atoms with Crippen molar-refractivity contribution >= 4 is 0 Å². The summed E-state index contributed by atoms with van der Waals surface area (Å²) in [6.07, 6.45) is 7.42. The van der Waals surface area contributed by atoms with E-state index in [4.69, 9.17) is 0 Å². The summed E-state index contributed by atoms with van der Waals surface area (Å²) in [5.41, 5.74) is 10.3. The topological polar surface area (TPSA) is 0 Å². The molecule has 4 bridgehead atoms. The van der Waals surface area contributed by atoms with Crippen LogP contribution >= 0.6 is 0 Å². The second-order valence-electron chi connectivity index (χ2n) is 15.5. The molecule has 0 nitrogen and oxygen atoms in total. The van der Waals surface area contributed by atoms with Crippen molar-refractivity contribution in [1.82, 2.24) is 0 Å². The van der Waals surface area contributed by atoms with Gasteiger partial charge in [-0.25, -0.2) is 0 Å². The predicted molar refractivity (Wildman–Crippen MR) is 228 cm³/mol. The van der Waals surface area contributed by atoms with Crippen LogP contribution in [0.5, 0.6) is 0 Å². The highest BCUT2D eigenvalue weighted by Gasteiger charge is 2.53. The number of hydrogen-bond donors (Lipinski definition) is 0. The molecule has 4 fully saturated rings. The van der Waals surface area contributed by atoms with E-state index in [0.717, 1.165) is 74.9 Å². The summed E-state index contributed by atoms with van der Waals surface area (Å²) in [5, 5.41) is 0. The average Bonchev–Trinajstić information content (AvgIpc) is 3.24. The monoisotopic (exact) mass is 712 g/mol. The highest BCUT2D eigenvalue weighted by Crippen LogP contribution is 2.62. The van der Waals surface area contributed by atoms with Gasteiger partial charge in [0.05, 0.1) is 16.7 Å². The van der Waals surface area contributed by atoms with Gasteiger partial charge in [0.25, 0.3) is 0 Å². The van der Waals surface area contributed by atoms with Crippen molar-refractivity contribution < 1.29 is 0 Å². The van der Waals surface area contributed by atoms with E-state index in [0.29, 0.717) is 17.8 Å². The van der Waals surface area contributed by atoms with Crippen molar-refractivity contribution in [1.29, 1.82) is 0 Å². The van der Waals surface area contributed by atoms with Gasteiger partial charge in [-0.1, -0.05) is 150 Å². The van der Waals surface area contributed by atoms with E-state index in [1.54, 1.807) is 0 Å². The molecule has 0 atom stereocenters. The molecule has 6 aromatic carbocycles. The Balaban J connectivity index is 1.44. The molecule has 10 rings (SSSR count). The lowest BCUT2D eigenvalue weighted by molar-refractivity contribution is -0.00542. The van der Waals surface area contributed by atoms with Gasteiger partial charge < -0.3 is 0 Å². The van der Waals surface area contributed by atoms with E-state index < -0.39 is 0 Å². The van der Waals surface area contributed by atoms with Gasteiger partial charge >= 0.3 is 0 Å². The molecule has 4 aliphatic carbocycles. The summed E-state index contributed by atoms with van der Waals surface area (Å²) in [7, 11) is 0. The van der Waals surface area contributed by atoms with Gasteiger partial charge in [-0.2, -0.15) is 0 Å². The van der Waals surface area contributed by atoms with E-state index >= 15 is 0 Å². The van der Waals surface area contributed by atoms with Crippen LogP contribution in [0.15, 0.2) is 152 Å². The van der Waals surface area contributed by atoms with E-state index in [1.807, 2.05) is 78.9 Å². The first-order valence-corrected chi connectivity index (χ1v) is 19.8. The zero-order chi connectivity index (χ0) is 37.6. The fraction of sp³-hybridized carbons (Fsp3) is 0.179. The molecular formula is C56H40. The van der Waals surface area contributed by atoms with Crippen molar-refractivity contribution in [2.45, 2.75) is 43.9 Å². The smallest absolute Gasteiger partial charge is 0.0588 e. The Hall–Kier alpha value is -6.88. The van der Waals surface area contributed by atoms with Crippen LogP contribution in [-0.2, 0) is 5.41 Å². The molecule has 6 aromatic rings. The average molecular weight is 713 g/mol. The fourth-order valence-electron chi connectivity index (χ4n) is 9.60. The molecule has 0 aliphatic heterocycles. The third-order valence-corrected chi connectivity index (χ3v) is 11.6. The minimum atomic E-state index is -0.0755. The molecule has 0 N–H and O–H groups in total. The Morgan fingerprint density at radius 2 is 0.518 bits per heavy atom. The van der Waals surface area contributed by atoms with Crippen LogP contribution in [0.25, 0.3) is 0 Å². The zero-order valence-corrected chi connectivity index (χ0v) is 31.4. The van der Waals surface area contributed by atoms with Gasteiger partial charge in [-0.05, 0) is 128 Å². The van der Waals surface area contributed by atoms with Gasteiger partial charge in [-0.15, -0.1) is 0 Å². The Morgan fingerprint density at radius 3 is 0.786 bits per heavy atom. The first-order valence-electron chi connectivity index (χ1n) is 19.8. The van der Waals surface area contributed by atoms with Crippen molar-refractivity contribution in [3.05, 3.63) is 213 Å². The molecule has 56 heavy (non-hydrogen) atoms. The number of hydrogen-bond acceptors (Lipinski definition) is 0. The van der Waals surface area contributed by atoms with Crippen LogP contribution in [0.3, 0.4) is 0 Å². The molecule has 264 valence electrons. The Kier molecular flexibility index (Phi) is 9.86. The largest absolute Gasteiger partial charge is 0.0622 e. The summed E-state index contributed by atoms with van der Waals surface area (Å²) in [4.78, 5) is 0. The SMILES string of the molecule is C(#Cc1c(C#Cc2ccccc2)c(C#Cc2ccccc2)c(C23CC4CC(CC(C4)C2)C3)c(C#Cc2ccccc2)c1C#Cc1ccccc1)c1ccccc1. The predicted octanol–water partition coefficient (Wildman–Crippen LogP) is 11.2. The van der Waals surface area contributed by atoms with Gasteiger partial charge in [0, 0.05) is 38.9 Å². The minimum Gasteiger partial charge on any atom is -0.0622 e. The van der Waals surface area contributed by atoms with Crippen LogP contribution in [0.4, 0.5) is 0 Å². The normalized spacial score (nSPS) is 19.6. The Labute approximate surface area is 332 Å². The molecule has 0 amide bonds. The molecule has 0 unspecified atom stereocenters. The molecule has 0 heterocycles. The summed E-state index contributed by atoms with van der Waals surface area (Å²) < 4.78 is 0. The summed E-state index contributed by atoms with van der Waals surface area (Å²) in [6, 6.07) is 51.2. The van der Waals surface area contributed by atoms with Crippen LogP contribution < -0.4 is 0 Å². The standard InChI is InChI=1S/C56H40/c1-6-16-42(17-7-1)26-31-50-51(32-27-43-18-8-2-9-19-43)53(34-29-45-22-12-4-13-23-45)55(56-39-47-36-48(40-56)38-49(37-47)41-56)54(35-30-46-24-14-5-15-25-46)52(50)33-28-44-20-10-3-11-21-44/h1-25,47-49H,36-41H2. The molecule has 0 radical (unpaired) electrons. The van der Waals surface area contributed by atoms with Crippen LogP contribution in [-0.4, -0.2) is 0 Å². The minimum absolute atomic E-state index is 0.0755. The summed E-state index contributed by atoms with van der Waals surface area (Å²) >= 11 is 0. The first kappa shape index (κ1) is 34.9. The summed E-state index contributed by atoms with van der Waals surface area (Å²) in [6.45, 7) is 0. The summed E-state index contributed by atoms with van der Waals surface area (Å²) in [5.74, 6) is 38.6. The van der Waals surface area contributed by atoms with Crippen molar-refractivity contribution in [2.75, 3.05) is 0 Å². The lowest BCUT2D eigenvalue weighted by Crippen LogP contribution is -2.49. The molecule has 0 heteroatoms. The van der Waals surface area contributed by atoms with E-state index in [1.165, 1.54) is 24.8 Å². The fourth-order valence-corrected chi connectivity index (χ4v) is 9.60. The van der Waals surface area contributed by atoms with Crippen molar-refractivity contribution in [3.63, 3.8) is 0 Å². The van der Waals surface area contributed by atoms with Crippen molar-refractivity contribution in [3.8, 4) is 59.2 Å². The molecule has 0 saturated heterocycles. The maximum atomic E-state index is 3.80. The number of benzene rings is 6. The Morgan fingerprint density at radius 1 is 0.286 bits per heavy atom. The molecule has 0 aromatic heterocycles. The molecule has 0 spiro atoms. The second-order valence-corrected chi connectivity index (χ2v) is 15.5. The maximum Gasteiger partial charge on any atom is 0.0588 e. The van der Waals surface area contributed by atoms with Crippen molar-refractivity contribution in [2.24, 2.45) is 17.8 Å². The van der Waals surface area contributed by atoms with Gasteiger partial charge in [0.2, 0.25) is 0 Å². The highest BCUT2D eigenvalue weighted by molar-refractivity contribution is 5.77. The van der Waals surface area contributed by atoms with Crippen LogP contribution in [0, 0.1) is 77.0 Å². The quantitative estimate of drug-likeness (QED) is 0.149. The van der Waals surface area contributed by atoms with E-state index in [-0.39, 0.29) is 5.41 Å². The highest BCUT2D eigenvalue weighted by atomic mass is 14.6. The first-order chi connectivity index (χ1) is 27.7. The van der Waals surface area contributed by atoms with Gasteiger partial charge in [-0.3, -0.25) is 0 Å². The molecule has 4 aliphatic rings.